The third kappa shape index (κ3) is 2.46. The number of hydrogen-bond donors (Lipinski definition) is 1. The lowest BCUT2D eigenvalue weighted by molar-refractivity contribution is 0.200. The maximum absolute atomic E-state index is 4.27. The minimum Gasteiger partial charge on any atom is -0.314 e. The fraction of sp³-hybridized carbons (Fsp3) is 0.357. The average molecular weight is 259 g/mol. The standard InChI is InChI=1S/C14H17N3S/c1-3-12(11-16-5-1)14(13-4-2-10-18-13)17-8-6-15-7-9-17/h1-5,10-11,14-15H,6-9H2/t14-/m0/s1. The number of nitrogens with zero attached hydrogens (tertiary/aromatic N) is 2. The maximum Gasteiger partial charge on any atom is 0.0711 e. The lowest BCUT2D eigenvalue weighted by Gasteiger charge is -2.34. The van der Waals surface area contributed by atoms with Crippen LogP contribution in [0.1, 0.15) is 16.5 Å². The van der Waals surface area contributed by atoms with Gasteiger partial charge >= 0.3 is 0 Å². The summed E-state index contributed by atoms with van der Waals surface area (Å²) < 4.78 is 0. The van der Waals surface area contributed by atoms with Crippen molar-refractivity contribution in [2.45, 2.75) is 6.04 Å². The highest BCUT2D eigenvalue weighted by Crippen LogP contribution is 2.31. The summed E-state index contributed by atoms with van der Waals surface area (Å²) in [6, 6.07) is 8.92. The predicted octanol–water partition coefficient (Wildman–Crippen LogP) is 2.14. The predicted molar refractivity (Wildman–Crippen MR) is 74.8 cm³/mol. The molecule has 3 heterocycles. The summed E-state index contributed by atoms with van der Waals surface area (Å²) in [4.78, 5) is 8.22. The Hall–Kier alpha value is -1.23. The zero-order valence-electron chi connectivity index (χ0n) is 10.2. The number of piperazine rings is 1. The van der Waals surface area contributed by atoms with E-state index in [9.17, 15) is 0 Å². The Morgan fingerprint density at radius 1 is 1.22 bits per heavy atom. The average Bonchev–Trinajstić information content (AvgIpc) is 2.95. The number of pyridine rings is 1. The number of hydrogen-bond acceptors (Lipinski definition) is 4. The van der Waals surface area contributed by atoms with Gasteiger partial charge in [-0.1, -0.05) is 12.1 Å². The van der Waals surface area contributed by atoms with Crippen LogP contribution in [-0.4, -0.2) is 36.1 Å². The van der Waals surface area contributed by atoms with E-state index in [1.54, 1.807) is 0 Å². The van der Waals surface area contributed by atoms with E-state index >= 15 is 0 Å². The third-order valence-electron chi connectivity index (χ3n) is 3.33. The molecule has 1 N–H and O–H groups in total. The fourth-order valence-corrected chi connectivity index (χ4v) is 3.37. The summed E-state index contributed by atoms with van der Waals surface area (Å²) in [5.74, 6) is 0. The smallest absolute Gasteiger partial charge is 0.0711 e. The molecule has 2 aromatic rings. The zero-order chi connectivity index (χ0) is 12.2. The summed E-state index contributed by atoms with van der Waals surface area (Å²) >= 11 is 1.83. The van der Waals surface area contributed by atoms with Crippen molar-refractivity contribution in [1.29, 1.82) is 0 Å². The molecule has 0 spiro atoms. The number of aromatic nitrogens is 1. The maximum atomic E-state index is 4.27. The molecule has 3 nitrogen and oxygen atoms in total. The van der Waals surface area contributed by atoms with E-state index < -0.39 is 0 Å². The van der Waals surface area contributed by atoms with Crippen LogP contribution in [0.3, 0.4) is 0 Å². The molecular formula is C14H17N3S. The van der Waals surface area contributed by atoms with Crippen molar-refractivity contribution in [1.82, 2.24) is 15.2 Å². The zero-order valence-corrected chi connectivity index (χ0v) is 11.1. The second-order valence-electron chi connectivity index (χ2n) is 4.49. The topological polar surface area (TPSA) is 28.2 Å². The molecule has 1 atom stereocenters. The third-order valence-corrected chi connectivity index (χ3v) is 4.25. The van der Waals surface area contributed by atoms with Gasteiger partial charge in [0.15, 0.2) is 0 Å². The van der Waals surface area contributed by atoms with Crippen molar-refractivity contribution in [2.75, 3.05) is 26.2 Å². The first kappa shape index (κ1) is 11.8. The van der Waals surface area contributed by atoms with Gasteiger partial charge in [0.25, 0.3) is 0 Å². The Balaban J connectivity index is 1.93. The van der Waals surface area contributed by atoms with E-state index in [1.807, 2.05) is 29.8 Å². The Bertz CT molecular complexity index is 463. The van der Waals surface area contributed by atoms with Crippen LogP contribution in [0.15, 0.2) is 42.0 Å². The summed E-state index contributed by atoms with van der Waals surface area (Å²) in [6.07, 6.45) is 3.83. The number of rotatable bonds is 3. The molecule has 0 unspecified atom stereocenters. The van der Waals surface area contributed by atoms with Crippen LogP contribution in [0.25, 0.3) is 0 Å². The van der Waals surface area contributed by atoms with Crippen molar-refractivity contribution >= 4 is 11.3 Å². The number of thiophene rings is 1. The van der Waals surface area contributed by atoms with Crippen molar-refractivity contribution in [3.63, 3.8) is 0 Å². The van der Waals surface area contributed by atoms with Crippen molar-refractivity contribution in [3.8, 4) is 0 Å². The second kappa shape index (κ2) is 5.61. The molecule has 18 heavy (non-hydrogen) atoms. The molecule has 1 fully saturated rings. The highest BCUT2D eigenvalue weighted by atomic mass is 32.1. The molecule has 0 aromatic carbocycles. The van der Waals surface area contributed by atoms with Crippen LogP contribution in [0.5, 0.6) is 0 Å². The second-order valence-corrected chi connectivity index (χ2v) is 5.47. The summed E-state index contributed by atoms with van der Waals surface area (Å²) in [7, 11) is 0. The molecular weight excluding hydrogens is 242 g/mol. The van der Waals surface area contributed by atoms with Gasteiger partial charge < -0.3 is 5.32 Å². The van der Waals surface area contributed by atoms with Gasteiger partial charge in [-0.05, 0) is 23.1 Å². The largest absolute Gasteiger partial charge is 0.314 e. The van der Waals surface area contributed by atoms with Gasteiger partial charge in [0.05, 0.1) is 6.04 Å². The summed E-state index contributed by atoms with van der Waals surface area (Å²) in [5.41, 5.74) is 1.29. The fourth-order valence-electron chi connectivity index (χ4n) is 2.48. The van der Waals surface area contributed by atoms with Crippen molar-refractivity contribution in [2.24, 2.45) is 0 Å². The number of nitrogens with one attached hydrogen (secondary N) is 1. The van der Waals surface area contributed by atoms with Gasteiger partial charge in [-0.2, -0.15) is 0 Å². The van der Waals surface area contributed by atoms with Crippen molar-refractivity contribution in [3.05, 3.63) is 52.5 Å². The Labute approximate surface area is 111 Å². The molecule has 3 rings (SSSR count). The molecule has 94 valence electrons. The van der Waals surface area contributed by atoms with Gasteiger partial charge in [-0.3, -0.25) is 9.88 Å². The van der Waals surface area contributed by atoms with Crippen LogP contribution in [0, 0.1) is 0 Å². The van der Waals surface area contributed by atoms with Gasteiger partial charge in [0.1, 0.15) is 0 Å². The molecule has 1 saturated heterocycles. The first-order valence-corrected chi connectivity index (χ1v) is 7.21. The van der Waals surface area contributed by atoms with Crippen molar-refractivity contribution < 1.29 is 0 Å². The molecule has 1 aliphatic rings. The van der Waals surface area contributed by atoms with Gasteiger partial charge in [-0.25, -0.2) is 0 Å². The van der Waals surface area contributed by atoms with E-state index in [1.165, 1.54) is 10.4 Å². The highest BCUT2D eigenvalue weighted by Gasteiger charge is 2.24. The lowest BCUT2D eigenvalue weighted by atomic mass is 10.0. The van der Waals surface area contributed by atoms with Gasteiger partial charge in [0, 0.05) is 43.4 Å². The first-order chi connectivity index (χ1) is 8.95. The Morgan fingerprint density at radius 2 is 2.11 bits per heavy atom. The van der Waals surface area contributed by atoms with Crippen LogP contribution in [0.2, 0.25) is 0 Å². The Morgan fingerprint density at radius 3 is 2.78 bits per heavy atom. The van der Waals surface area contributed by atoms with Gasteiger partial charge in [0.2, 0.25) is 0 Å². The van der Waals surface area contributed by atoms with Crippen LogP contribution >= 0.6 is 11.3 Å². The van der Waals surface area contributed by atoms with E-state index in [4.69, 9.17) is 0 Å². The van der Waals surface area contributed by atoms with Gasteiger partial charge in [-0.15, -0.1) is 11.3 Å². The minimum atomic E-state index is 0.362. The lowest BCUT2D eigenvalue weighted by Crippen LogP contribution is -2.45. The Kier molecular flexibility index (Phi) is 3.69. The summed E-state index contributed by atoms with van der Waals surface area (Å²) in [6.45, 7) is 4.33. The molecule has 2 aromatic heterocycles. The van der Waals surface area contributed by atoms with E-state index in [0.717, 1.165) is 26.2 Å². The molecule has 1 aliphatic heterocycles. The highest BCUT2D eigenvalue weighted by molar-refractivity contribution is 7.10. The normalized spacial score (nSPS) is 18.7. The minimum absolute atomic E-state index is 0.362. The molecule has 0 aliphatic carbocycles. The first-order valence-electron chi connectivity index (χ1n) is 6.33. The summed E-state index contributed by atoms with van der Waals surface area (Å²) in [5, 5.41) is 5.57. The van der Waals surface area contributed by atoms with E-state index in [0.29, 0.717) is 6.04 Å². The SMILES string of the molecule is c1cncc([C@@H](c2cccs2)N2CCNCC2)c1. The molecule has 0 saturated carbocycles. The molecule has 0 radical (unpaired) electrons. The molecule has 0 bridgehead atoms. The van der Waals surface area contributed by atoms with Crippen LogP contribution < -0.4 is 5.32 Å². The van der Waals surface area contributed by atoms with Crippen LogP contribution in [-0.2, 0) is 0 Å². The van der Waals surface area contributed by atoms with E-state index in [2.05, 4.69) is 38.8 Å². The van der Waals surface area contributed by atoms with E-state index in [-0.39, 0.29) is 0 Å². The van der Waals surface area contributed by atoms with Crippen LogP contribution in [0.4, 0.5) is 0 Å². The monoisotopic (exact) mass is 259 g/mol. The molecule has 0 amide bonds. The molecule has 4 heteroatoms. The quantitative estimate of drug-likeness (QED) is 0.915.